The number of methoxy groups -OCH3 is 1. The summed E-state index contributed by atoms with van der Waals surface area (Å²) < 4.78 is 19.8. The summed E-state index contributed by atoms with van der Waals surface area (Å²) in [4.78, 5) is 52.1. The number of aromatic nitrogens is 3. The van der Waals surface area contributed by atoms with E-state index >= 15 is 0 Å². The van der Waals surface area contributed by atoms with E-state index in [0.29, 0.717) is 28.4 Å². The molecule has 2 aliphatic rings. The van der Waals surface area contributed by atoms with Crippen LogP contribution in [0.3, 0.4) is 0 Å². The highest BCUT2D eigenvalue weighted by molar-refractivity contribution is 5.94. The molecule has 0 aliphatic carbocycles. The van der Waals surface area contributed by atoms with E-state index < -0.39 is 5.97 Å². The summed E-state index contributed by atoms with van der Waals surface area (Å²) in [5.74, 6) is -0.365. The lowest BCUT2D eigenvalue weighted by Gasteiger charge is -2.35. The van der Waals surface area contributed by atoms with Crippen LogP contribution in [-0.2, 0) is 11.3 Å². The third kappa shape index (κ3) is 5.33. The number of nitrogens with zero attached hydrogens (tertiary/aromatic N) is 5. The summed E-state index contributed by atoms with van der Waals surface area (Å²) in [5, 5.41) is 3.65. The molecule has 7 rings (SSSR count). The molecule has 1 N–H and O–H groups in total. The first-order chi connectivity index (χ1) is 22.3. The zero-order chi connectivity index (χ0) is 31.9. The Kier molecular flexibility index (Phi) is 7.44. The number of hydrogen-bond acceptors (Lipinski definition) is 8. The van der Waals surface area contributed by atoms with E-state index in [1.807, 2.05) is 19.1 Å². The van der Waals surface area contributed by atoms with Crippen molar-refractivity contribution in [2.45, 2.75) is 32.0 Å². The summed E-state index contributed by atoms with van der Waals surface area (Å²) in [6.45, 7) is 3.70. The van der Waals surface area contributed by atoms with Crippen LogP contribution in [0.4, 0.5) is 16.0 Å². The zero-order valence-corrected chi connectivity index (χ0v) is 25.3. The number of rotatable bonds is 7. The molecule has 2 aromatic heterocycles. The second-order valence-electron chi connectivity index (χ2n) is 11.6. The van der Waals surface area contributed by atoms with Crippen LogP contribution in [0.5, 0.6) is 0 Å². The van der Waals surface area contributed by atoms with Gasteiger partial charge in [-0.3, -0.25) is 14.2 Å². The molecule has 0 spiro atoms. The highest BCUT2D eigenvalue weighted by Crippen LogP contribution is 2.37. The fourth-order valence-corrected chi connectivity index (χ4v) is 6.41. The number of fused-ring (bicyclic) bond motifs is 3. The van der Waals surface area contributed by atoms with Crippen molar-refractivity contribution in [3.63, 3.8) is 0 Å². The average Bonchev–Trinajstić information content (AvgIpc) is 3.69. The molecular formula is C35H31FN6O4. The standard InChI is InChI=1S/C35H31FN6O4/c1-21-30-15-16-31(43)42(27-11-7-23(8-12-27)33(44)37-18-22-3-5-24(6-4-22)34(45)46-2)32(30)39-35(38-21)41-20-28-17-29(41)19-40(28)26-13-9-25(36)10-14-26/h3-16,28-29H,17-20H2,1-2H3,(H,37,44). The molecular weight excluding hydrogens is 587 g/mol. The first-order valence-electron chi connectivity index (χ1n) is 15.0. The van der Waals surface area contributed by atoms with Crippen molar-refractivity contribution in [1.82, 2.24) is 19.9 Å². The number of pyridine rings is 1. The fourth-order valence-electron chi connectivity index (χ4n) is 6.41. The monoisotopic (exact) mass is 618 g/mol. The predicted molar refractivity (Wildman–Crippen MR) is 172 cm³/mol. The molecule has 1 amide bonds. The number of piperazine rings is 1. The molecule has 4 heterocycles. The maximum Gasteiger partial charge on any atom is 0.337 e. The van der Waals surface area contributed by atoms with Gasteiger partial charge in [0.1, 0.15) is 5.82 Å². The third-order valence-electron chi connectivity index (χ3n) is 8.80. The summed E-state index contributed by atoms with van der Waals surface area (Å²) in [6, 6.07) is 23.9. The molecule has 2 fully saturated rings. The molecule has 2 bridgehead atoms. The smallest absolute Gasteiger partial charge is 0.337 e. The SMILES string of the molecule is COC(=O)c1ccc(CNC(=O)c2ccc(-n3c(=O)ccc4c(C)nc(N5CC6CC5CN6c5ccc(F)cc5)nc43)cc2)cc1. The molecule has 0 radical (unpaired) electrons. The number of esters is 1. The minimum Gasteiger partial charge on any atom is -0.465 e. The Balaban J connectivity index is 1.10. The summed E-state index contributed by atoms with van der Waals surface area (Å²) in [5.41, 5.74) is 4.32. The first kappa shape index (κ1) is 29.1. The molecule has 232 valence electrons. The lowest BCUT2D eigenvalue weighted by Crippen LogP contribution is -2.47. The number of halogens is 1. The number of carbonyl (C=O) groups excluding carboxylic acids is 2. The van der Waals surface area contributed by atoms with Crippen LogP contribution < -0.4 is 20.7 Å². The molecule has 5 aromatic rings. The molecule has 2 atom stereocenters. The number of aryl methyl sites for hydroxylation is 1. The number of nitrogens with one attached hydrogen (secondary N) is 1. The van der Waals surface area contributed by atoms with Gasteiger partial charge in [-0.15, -0.1) is 0 Å². The van der Waals surface area contributed by atoms with Gasteiger partial charge < -0.3 is 19.9 Å². The molecule has 2 unspecified atom stereocenters. The minimum atomic E-state index is -0.420. The zero-order valence-electron chi connectivity index (χ0n) is 25.3. The highest BCUT2D eigenvalue weighted by Gasteiger charge is 2.44. The highest BCUT2D eigenvalue weighted by atomic mass is 19.1. The van der Waals surface area contributed by atoms with Gasteiger partial charge >= 0.3 is 5.97 Å². The van der Waals surface area contributed by atoms with E-state index in [9.17, 15) is 18.8 Å². The summed E-state index contributed by atoms with van der Waals surface area (Å²) in [6.07, 6.45) is 0.946. The van der Waals surface area contributed by atoms with E-state index in [1.54, 1.807) is 59.2 Å². The van der Waals surface area contributed by atoms with Gasteiger partial charge in [0.15, 0.2) is 5.65 Å². The van der Waals surface area contributed by atoms with Crippen LogP contribution in [-0.4, -0.2) is 58.7 Å². The van der Waals surface area contributed by atoms with Crippen molar-refractivity contribution in [2.24, 2.45) is 0 Å². The largest absolute Gasteiger partial charge is 0.465 e. The normalized spacial score (nSPS) is 17.0. The Labute approximate surface area is 264 Å². The first-order valence-corrected chi connectivity index (χ1v) is 15.0. The van der Waals surface area contributed by atoms with Crippen LogP contribution in [0.1, 0.15) is 38.4 Å². The maximum absolute atomic E-state index is 13.5. The quantitative estimate of drug-likeness (QED) is 0.267. The number of amides is 1. The Morgan fingerprint density at radius 1 is 0.848 bits per heavy atom. The van der Waals surface area contributed by atoms with E-state index in [1.165, 1.54) is 25.3 Å². The van der Waals surface area contributed by atoms with Gasteiger partial charge in [-0.2, -0.15) is 4.98 Å². The average molecular weight is 619 g/mol. The number of anilines is 2. The van der Waals surface area contributed by atoms with Crippen molar-refractivity contribution in [2.75, 3.05) is 30.0 Å². The Hall–Kier alpha value is -5.58. The summed E-state index contributed by atoms with van der Waals surface area (Å²) in [7, 11) is 1.33. The van der Waals surface area contributed by atoms with Crippen molar-refractivity contribution < 1.29 is 18.7 Å². The minimum absolute atomic E-state index is 0.194. The predicted octanol–water partition coefficient (Wildman–Crippen LogP) is 4.41. The molecule has 3 aromatic carbocycles. The molecule has 10 nitrogen and oxygen atoms in total. The molecule has 2 saturated heterocycles. The topological polar surface area (TPSA) is 110 Å². The van der Waals surface area contributed by atoms with E-state index in [0.717, 1.165) is 41.8 Å². The second kappa shape index (κ2) is 11.7. The van der Waals surface area contributed by atoms with Crippen LogP contribution in [0.25, 0.3) is 16.7 Å². The molecule has 0 saturated carbocycles. The number of hydrogen-bond donors (Lipinski definition) is 1. The molecule has 2 aliphatic heterocycles. The second-order valence-corrected chi connectivity index (χ2v) is 11.6. The Morgan fingerprint density at radius 3 is 2.17 bits per heavy atom. The third-order valence-corrected chi connectivity index (χ3v) is 8.80. The van der Waals surface area contributed by atoms with Gasteiger partial charge in [0.05, 0.1) is 30.1 Å². The molecule has 46 heavy (non-hydrogen) atoms. The Morgan fingerprint density at radius 2 is 1.50 bits per heavy atom. The van der Waals surface area contributed by atoms with E-state index in [4.69, 9.17) is 14.7 Å². The molecule has 11 heteroatoms. The lowest BCUT2D eigenvalue weighted by atomic mass is 10.1. The lowest BCUT2D eigenvalue weighted by molar-refractivity contribution is 0.0600. The van der Waals surface area contributed by atoms with Crippen LogP contribution >= 0.6 is 0 Å². The van der Waals surface area contributed by atoms with Gasteiger partial charge in [0.25, 0.3) is 11.5 Å². The van der Waals surface area contributed by atoms with Gasteiger partial charge in [0.2, 0.25) is 5.95 Å². The van der Waals surface area contributed by atoms with Crippen molar-refractivity contribution in [3.05, 3.63) is 123 Å². The van der Waals surface area contributed by atoms with Gasteiger partial charge in [-0.25, -0.2) is 14.2 Å². The van der Waals surface area contributed by atoms with E-state index in [-0.39, 0.29) is 35.9 Å². The van der Waals surface area contributed by atoms with Gasteiger partial charge in [-0.05, 0) is 85.6 Å². The van der Waals surface area contributed by atoms with Crippen LogP contribution in [0, 0.1) is 12.7 Å². The van der Waals surface area contributed by atoms with Gasteiger partial charge in [-0.1, -0.05) is 12.1 Å². The van der Waals surface area contributed by atoms with Crippen molar-refractivity contribution in [3.8, 4) is 5.69 Å². The Bertz CT molecular complexity index is 2010. The van der Waals surface area contributed by atoms with Crippen LogP contribution in [0.15, 0.2) is 89.7 Å². The van der Waals surface area contributed by atoms with Gasteiger partial charge in [0, 0.05) is 48.4 Å². The maximum atomic E-state index is 13.5. The van der Waals surface area contributed by atoms with Crippen LogP contribution in [0.2, 0.25) is 0 Å². The number of benzene rings is 3. The van der Waals surface area contributed by atoms with Crippen molar-refractivity contribution >= 4 is 34.5 Å². The summed E-state index contributed by atoms with van der Waals surface area (Å²) >= 11 is 0. The van der Waals surface area contributed by atoms with E-state index in [2.05, 4.69) is 15.1 Å². The fraction of sp³-hybridized carbons (Fsp3) is 0.229. The number of carbonyl (C=O) groups is 2. The number of ether oxygens (including phenoxy) is 1. The van der Waals surface area contributed by atoms with Crippen molar-refractivity contribution in [1.29, 1.82) is 0 Å².